The average molecular weight is 374 g/mol. The molecule has 2 amide bonds. The van der Waals surface area contributed by atoms with Crippen LogP contribution in [-0.4, -0.2) is 25.0 Å². The normalized spacial score (nSPS) is 10.2. The quantitative estimate of drug-likeness (QED) is 0.651. The van der Waals surface area contributed by atoms with Crippen LogP contribution in [0.4, 0.5) is 15.8 Å². The summed E-state index contributed by atoms with van der Waals surface area (Å²) in [5.74, 6) is 0.0911. The first kappa shape index (κ1) is 20.2. The smallest absolute Gasteiger partial charge is 0.224 e. The Morgan fingerprint density at radius 1 is 1.04 bits per heavy atom. The standard InChI is InChI=1S/C20H23FN2O4/c1-3-26-18-7-4-5-8-19(18)27-12-6-9-20(25)23-17-13-15(22-14(2)24)10-11-16(17)21/h4-5,7-8,10-11,13H,3,6,9,12H2,1-2H3,(H,22,24)(H,23,25). The number of hydrogen-bond acceptors (Lipinski definition) is 4. The van der Waals surface area contributed by atoms with Gasteiger partial charge in [0.15, 0.2) is 11.5 Å². The molecular formula is C20H23FN2O4. The highest BCUT2D eigenvalue weighted by molar-refractivity contribution is 5.93. The van der Waals surface area contributed by atoms with E-state index in [0.717, 1.165) is 0 Å². The number of carbonyl (C=O) groups is 2. The summed E-state index contributed by atoms with van der Waals surface area (Å²) >= 11 is 0. The van der Waals surface area contributed by atoms with E-state index in [2.05, 4.69) is 10.6 Å². The lowest BCUT2D eigenvalue weighted by molar-refractivity contribution is -0.116. The van der Waals surface area contributed by atoms with Gasteiger partial charge in [-0.05, 0) is 43.7 Å². The Morgan fingerprint density at radius 2 is 1.74 bits per heavy atom. The molecule has 7 heteroatoms. The van der Waals surface area contributed by atoms with Crippen molar-refractivity contribution in [3.05, 3.63) is 48.3 Å². The van der Waals surface area contributed by atoms with E-state index in [1.807, 2.05) is 25.1 Å². The molecule has 0 aromatic heterocycles. The van der Waals surface area contributed by atoms with Gasteiger partial charge in [-0.3, -0.25) is 9.59 Å². The van der Waals surface area contributed by atoms with E-state index in [1.165, 1.54) is 25.1 Å². The number of halogens is 1. The van der Waals surface area contributed by atoms with E-state index in [9.17, 15) is 14.0 Å². The van der Waals surface area contributed by atoms with E-state index in [1.54, 1.807) is 6.07 Å². The van der Waals surface area contributed by atoms with E-state index < -0.39 is 5.82 Å². The predicted molar refractivity (Wildman–Crippen MR) is 102 cm³/mol. The van der Waals surface area contributed by atoms with Crippen molar-refractivity contribution < 1.29 is 23.5 Å². The zero-order valence-electron chi connectivity index (χ0n) is 15.4. The number of anilines is 2. The number of hydrogen-bond donors (Lipinski definition) is 2. The third-order valence-electron chi connectivity index (χ3n) is 3.52. The zero-order chi connectivity index (χ0) is 19.6. The predicted octanol–water partition coefficient (Wildman–Crippen LogP) is 3.98. The zero-order valence-corrected chi connectivity index (χ0v) is 15.4. The third kappa shape index (κ3) is 6.62. The third-order valence-corrected chi connectivity index (χ3v) is 3.52. The summed E-state index contributed by atoms with van der Waals surface area (Å²) in [5.41, 5.74) is 0.434. The molecule has 0 bridgehead atoms. The van der Waals surface area contributed by atoms with Gasteiger partial charge >= 0.3 is 0 Å². The van der Waals surface area contributed by atoms with Crippen molar-refractivity contribution in [2.24, 2.45) is 0 Å². The van der Waals surface area contributed by atoms with Crippen molar-refractivity contribution in [2.45, 2.75) is 26.7 Å². The molecule has 0 heterocycles. The lowest BCUT2D eigenvalue weighted by atomic mass is 10.2. The minimum atomic E-state index is -0.570. The van der Waals surface area contributed by atoms with Crippen LogP contribution in [0, 0.1) is 5.82 Å². The minimum absolute atomic E-state index is 0.0221. The SMILES string of the molecule is CCOc1ccccc1OCCCC(=O)Nc1cc(NC(C)=O)ccc1F. The maximum Gasteiger partial charge on any atom is 0.224 e. The number of benzene rings is 2. The fourth-order valence-corrected chi connectivity index (χ4v) is 2.37. The fraction of sp³-hybridized carbons (Fsp3) is 0.300. The molecule has 2 aromatic rings. The molecule has 2 aromatic carbocycles. The molecule has 0 aliphatic carbocycles. The van der Waals surface area contributed by atoms with Gasteiger partial charge in [0.1, 0.15) is 5.82 Å². The summed E-state index contributed by atoms with van der Waals surface area (Å²) in [5, 5.41) is 5.05. The molecule has 0 atom stereocenters. The van der Waals surface area contributed by atoms with Crippen molar-refractivity contribution in [1.29, 1.82) is 0 Å². The molecule has 27 heavy (non-hydrogen) atoms. The molecule has 0 spiro atoms. The van der Waals surface area contributed by atoms with E-state index in [0.29, 0.717) is 36.8 Å². The van der Waals surface area contributed by atoms with Gasteiger partial charge < -0.3 is 20.1 Å². The van der Waals surface area contributed by atoms with E-state index in [4.69, 9.17) is 9.47 Å². The van der Waals surface area contributed by atoms with Crippen LogP contribution in [-0.2, 0) is 9.59 Å². The monoisotopic (exact) mass is 374 g/mol. The second-order valence-corrected chi connectivity index (χ2v) is 5.76. The molecule has 0 unspecified atom stereocenters. The summed E-state index contributed by atoms with van der Waals surface area (Å²) < 4.78 is 24.9. The molecular weight excluding hydrogens is 351 g/mol. The van der Waals surface area contributed by atoms with Crippen LogP contribution < -0.4 is 20.1 Å². The molecule has 0 saturated heterocycles. The first-order valence-electron chi connectivity index (χ1n) is 8.71. The highest BCUT2D eigenvalue weighted by atomic mass is 19.1. The van der Waals surface area contributed by atoms with Gasteiger partial charge in [0.25, 0.3) is 0 Å². The van der Waals surface area contributed by atoms with Crippen LogP contribution in [0.2, 0.25) is 0 Å². The number of amides is 2. The van der Waals surface area contributed by atoms with E-state index in [-0.39, 0.29) is 23.9 Å². The highest BCUT2D eigenvalue weighted by Crippen LogP contribution is 2.26. The van der Waals surface area contributed by atoms with Gasteiger partial charge in [0.2, 0.25) is 11.8 Å². The Morgan fingerprint density at radius 3 is 2.41 bits per heavy atom. The number of para-hydroxylation sites is 2. The summed E-state index contributed by atoms with van der Waals surface area (Å²) in [4.78, 5) is 23.1. The molecule has 144 valence electrons. The summed E-state index contributed by atoms with van der Waals surface area (Å²) in [7, 11) is 0. The molecule has 2 rings (SSSR count). The van der Waals surface area contributed by atoms with Crippen LogP contribution >= 0.6 is 0 Å². The summed E-state index contributed by atoms with van der Waals surface area (Å²) in [6.07, 6.45) is 0.625. The molecule has 6 nitrogen and oxygen atoms in total. The Balaban J connectivity index is 1.82. The number of ether oxygens (including phenoxy) is 2. The Kier molecular flexibility index (Phi) is 7.61. The minimum Gasteiger partial charge on any atom is -0.490 e. The van der Waals surface area contributed by atoms with Crippen molar-refractivity contribution >= 4 is 23.2 Å². The number of carbonyl (C=O) groups excluding carboxylic acids is 2. The molecule has 0 saturated carbocycles. The highest BCUT2D eigenvalue weighted by Gasteiger charge is 2.09. The first-order valence-corrected chi connectivity index (χ1v) is 8.71. The Hall–Kier alpha value is -3.09. The molecule has 0 aliphatic rings. The van der Waals surface area contributed by atoms with Crippen LogP contribution in [0.5, 0.6) is 11.5 Å². The van der Waals surface area contributed by atoms with Crippen LogP contribution in [0.3, 0.4) is 0 Å². The van der Waals surface area contributed by atoms with Crippen LogP contribution in [0.1, 0.15) is 26.7 Å². The lowest BCUT2D eigenvalue weighted by Crippen LogP contribution is -2.14. The van der Waals surface area contributed by atoms with Crippen molar-refractivity contribution in [1.82, 2.24) is 0 Å². The number of nitrogens with one attached hydrogen (secondary N) is 2. The van der Waals surface area contributed by atoms with Crippen molar-refractivity contribution in [3.63, 3.8) is 0 Å². The van der Waals surface area contributed by atoms with Crippen molar-refractivity contribution in [2.75, 3.05) is 23.8 Å². The number of rotatable bonds is 9. The van der Waals surface area contributed by atoms with Gasteiger partial charge in [-0.2, -0.15) is 0 Å². The summed E-state index contributed by atoms with van der Waals surface area (Å²) in [6.45, 7) is 4.10. The maximum atomic E-state index is 13.8. The van der Waals surface area contributed by atoms with Gasteiger partial charge in [-0.25, -0.2) is 4.39 Å². The first-order chi connectivity index (χ1) is 13.0. The van der Waals surface area contributed by atoms with Crippen LogP contribution in [0.25, 0.3) is 0 Å². The second kappa shape index (κ2) is 10.2. The van der Waals surface area contributed by atoms with Gasteiger partial charge in [-0.15, -0.1) is 0 Å². The Bertz CT molecular complexity index is 795. The van der Waals surface area contributed by atoms with Crippen LogP contribution in [0.15, 0.2) is 42.5 Å². The fourth-order valence-electron chi connectivity index (χ4n) is 2.37. The van der Waals surface area contributed by atoms with Gasteiger partial charge in [0.05, 0.1) is 18.9 Å². The summed E-state index contributed by atoms with van der Waals surface area (Å²) in [6, 6.07) is 11.3. The second-order valence-electron chi connectivity index (χ2n) is 5.76. The molecule has 0 radical (unpaired) electrons. The molecule has 2 N–H and O–H groups in total. The van der Waals surface area contributed by atoms with Gasteiger partial charge in [-0.1, -0.05) is 12.1 Å². The lowest BCUT2D eigenvalue weighted by Gasteiger charge is -2.12. The van der Waals surface area contributed by atoms with E-state index >= 15 is 0 Å². The maximum absolute atomic E-state index is 13.8. The van der Waals surface area contributed by atoms with Crippen molar-refractivity contribution in [3.8, 4) is 11.5 Å². The molecule has 0 fully saturated rings. The average Bonchev–Trinajstić information content (AvgIpc) is 2.62. The molecule has 0 aliphatic heterocycles. The van der Waals surface area contributed by atoms with Gasteiger partial charge in [0, 0.05) is 19.0 Å². The Labute approximate surface area is 157 Å². The topological polar surface area (TPSA) is 76.7 Å². The largest absolute Gasteiger partial charge is 0.490 e.